The fourth-order valence-electron chi connectivity index (χ4n) is 15.0. The number of hydrogen-bond donors (Lipinski definition) is 1. The number of ether oxygens (including phenoxy) is 3. The van der Waals surface area contributed by atoms with Crippen LogP contribution in [0.5, 0.6) is 0 Å². The quantitative estimate of drug-likeness (QED) is 0.337. The molecule has 252 valence electrons. The van der Waals surface area contributed by atoms with Gasteiger partial charge in [0.1, 0.15) is 0 Å². The van der Waals surface area contributed by atoms with Gasteiger partial charge in [0.15, 0.2) is 6.29 Å². The van der Waals surface area contributed by atoms with E-state index in [0.717, 1.165) is 37.5 Å². The van der Waals surface area contributed by atoms with Crippen molar-refractivity contribution in [3.05, 3.63) is 0 Å². The van der Waals surface area contributed by atoms with Crippen LogP contribution in [0, 0.1) is 51.2 Å². The molecule has 0 aromatic heterocycles. The zero-order valence-corrected chi connectivity index (χ0v) is 30.3. The van der Waals surface area contributed by atoms with Gasteiger partial charge in [0, 0.05) is 18.8 Å². The summed E-state index contributed by atoms with van der Waals surface area (Å²) in [5.41, 5.74) is 0.682. The summed E-state index contributed by atoms with van der Waals surface area (Å²) in [6.45, 7) is 25.0. The van der Waals surface area contributed by atoms with E-state index in [-0.39, 0.29) is 34.4 Å². The number of rotatable bonds is 2. The molecule has 0 unspecified atom stereocenters. The Hall–Kier alpha value is -0.160. The van der Waals surface area contributed by atoms with E-state index in [1.165, 1.54) is 64.2 Å². The molecule has 4 heteroatoms. The molecule has 3 saturated heterocycles. The molecule has 13 atom stereocenters. The van der Waals surface area contributed by atoms with Crippen LogP contribution >= 0.6 is 0 Å². The lowest BCUT2D eigenvalue weighted by molar-refractivity contribution is -0.347. The molecule has 0 amide bonds. The largest absolute Gasteiger partial charge is 0.369 e. The second-order valence-electron chi connectivity index (χ2n) is 20.5. The summed E-state index contributed by atoms with van der Waals surface area (Å²) in [7, 11) is 0. The molecule has 4 nitrogen and oxygen atoms in total. The van der Waals surface area contributed by atoms with E-state index >= 15 is 0 Å². The minimum absolute atomic E-state index is 0.0421. The van der Waals surface area contributed by atoms with Crippen LogP contribution < -0.4 is 0 Å². The van der Waals surface area contributed by atoms with Crippen LogP contribution in [0.15, 0.2) is 0 Å². The second-order valence-corrected chi connectivity index (χ2v) is 20.5. The Morgan fingerprint density at radius 2 is 1.09 bits per heavy atom. The molecule has 3 heterocycles. The van der Waals surface area contributed by atoms with Crippen LogP contribution in [-0.4, -0.2) is 39.9 Å². The highest BCUT2D eigenvalue weighted by molar-refractivity contribution is 5.15. The third-order valence-corrected chi connectivity index (χ3v) is 16.7. The van der Waals surface area contributed by atoms with Gasteiger partial charge in [-0.2, -0.15) is 0 Å². The first kappa shape index (κ1) is 32.4. The van der Waals surface area contributed by atoms with Crippen molar-refractivity contribution in [1.29, 1.82) is 0 Å². The molecule has 4 saturated carbocycles. The Bertz CT molecular complexity index is 1130. The van der Waals surface area contributed by atoms with Crippen molar-refractivity contribution in [2.45, 2.75) is 200 Å². The molecule has 0 spiro atoms. The number of fused-ring (bicyclic) bond motifs is 7. The SMILES string of the molecule is CC1(C)CCC[C@]2(C)[C@@H]1CC[C@]1(C)O[C@](C)(C[C@@H]3O[C@H](O)C[C@]4(C)O[C@@]5(C)CC[C@@H]6C(C)(C)CCC[C@@]6(C)[C@@H]5C[C@H]34)CC[C@@H]21. The van der Waals surface area contributed by atoms with Gasteiger partial charge in [-0.05, 0) is 144 Å². The average molecular weight is 613 g/mol. The monoisotopic (exact) mass is 613 g/mol. The number of hydrogen-bond acceptors (Lipinski definition) is 4. The topological polar surface area (TPSA) is 47.9 Å². The van der Waals surface area contributed by atoms with Gasteiger partial charge >= 0.3 is 0 Å². The van der Waals surface area contributed by atoms with Crippen molar-refractivity contribution in [2.24, 2.45) is 51.2 Å². The van der Waals surface area contributed by atoms with Crippen molar-refractivity contribution in [3.8, 4) is 0 Å². The van der Waals surface area contributed by atoms with Crippen molar-refractivity contribution >= 4 is 0 Å². The van der Waals surface area contributed by atoms with Gasteiger partial charge in [0.2, 0.25) is 0 Å². The van der Waals surface area contributed by atoms with E-state index in [1.807, 2.05) is 0 Å². The highest BCUT2D eigenvalue weighted by Crippen LogP contribution is 2.69. The molecular weight excluding hydrogens is 544 g/mol. The first-order valence-corrected chi connectivity index (χ1v) is 19.0. The summed E-state index contributed by atoms with van der Waals surface area (Å²) < 4.78 is 21.5. The molecule has 0 radical (unpaired) electrons. The van der Waals surface area contributed by atoms with E-state index in [2.05, 4.69) is 69.2 Å². The zero-order chi connectivity index (χ0) is 31.8. The summed E-state index contributed by atoms with van der Waals surface area (Å²) in [4.78, 5) is 0. The van der Waals surface area contributed by atoms with Gasteiger partial charge < -0.3 is 19.3 Å². The molecule has 7 fully saturated rings. The molecule has 3 aliphatic heterocycles. The lowest BCUT2D eigenvalue weighted by atomic mass is 9.43. The first-order chi connectivity index (χ1) is 20.3. The highest BCUT2D eigenvalue weighted by Gasteiger charge is 2.67. The lowest BCUT2D eigenvalue weighted by Crippen LogP contribution is -2.69. The minimum atomic E-state index is -0.767. The molecular formula is C40H68O4. The lowest BCUT2D eigenvalue weighted by Gasteiger charge is -2.68. The maximum Gasteiger partial charge on any atom is 0.157 e. The predicted molar refractivity (Wildman–Crippen MR) is 177 cm³/mol. The van der Waals surface area contributed by atoms with Crippen LogP contribution in [0.4, 0.5) is 0 Å². The number of aliphatic hydroxyl groups is 1. The van der Waals surface area contributed by atoms with Gasteiger partial charge in [-0.3, -0.25) is 0 Å². The molecule has 1 N–H and O–H groups in total. The Morgan fingerprint density at radius 3 is 1.68 bits per heavy atom. The molecule has 7 rings (SSSR count). The van der Waals surface area contributed by atoms with E-state index < -0.39 is 6.29 Å². The Labute approximate surface area is 270 Å². The minimum Gasteiger partial charge on any atom is -0.369 e. The summed E-state index contributed by atoms with van der Waals surface area (Å²) in [6, 6.07) is 0. The van der Waals surface area contributed by atoms with E-state index in [9.17, 15) is 5.11 Å². The fraction of sp³-hybridized carbons (Fsp3) is 1.00. The summed E-state index contributed by atoms with van der Waals surface area (Å²) >= 11 is 0. The van der Waals surface area contributed by atoms with Gasteiger partial charge in [-0.15, -0.1) is 0 Å². The smallest absolute Gasteiger partial charge is 0.157 e. The third-order valence-electron chi connectivity index (χ3n) is 16.7. The molecule has 7 aliphatic rings. The Kier molecular flexibility index (Phi) is 7.32. The van der Waals surface area contributed by atoms with Gasteiger partial charge in [-0.25, -0.2) is 0 Å². The summed E-state index contributed by atoms with van der Waals surface area (Å²) in [6.07, 6.45) is 17.1. The molecule has 0 aromatic carbocycles. The third kappa shape index (κ3) is 4.70. The van der Waals surface area contributed by atoms with Crippen molar-refractivity contribution in [3.63, 3.8) is 0 Å². The van der Waals surface area contributed by atoms with Crippen LogP contribution in [0.25, 0.3) is 0 Å². The van der Waals surface area contributed by atoms with Gasteiger partial charge in [0.05, 0.1) is 28.5 Å². The van der Waals surface area contributed by atoms with Crippen LogP contribution in [-0.2, 0) is 14.2 Å². The summed E-state index contributed by atoms with van der Waals surface area (Å²) in [5, 5.41) is 11.2. The average Bonchev–Trinajstić information content (AvgIpc) is 2.85. The molecule has 44 heavy (non-hydrogen) atoms. The second kappa shape index (κ2) is 9.94. The normalized spacial score (nSPS) is 58.0. The molecule has 0 bridgehead atoms. The van der Waals surface area contributed by atoms with Crippen LogP contribution in [0.3, 0.4) is 0 Å². The standard InChI is InChI=1S/C40H68O4/c1-33(2)16-11-18-36(6)28(33)14-21-38(8)30(36)13-20-35(5,43-38)24-27-26-23-31-37(7)19-12-17-34(3,4)29(37)15-22-39(31,9)44-40(26,10)25-32(41)42-27/h26-32,41H,11-25H2,1-10H3/t26-,27+,28-,29-,30+,31+,32+,35+,36-,37-,38+,39+,40+/m1/s1. The zero-order valence-electron chi connectivity index (χ0n) is 30.3. The Morgan fingerprint density at radius 1 is 0.568 bits per heavy atom. The van der Waals surface area contributed by atoms with Crippen LogP contribution in [0.2, 0.25) is 0 Å². The van der Waals surface area contributed by atoms with Gasteiger partial charge in [0.25, 0.3) is 0 Å². The van der Waals surface area contributed by atoms with E-state index in [4.69, 9.17) is 14.2 Å². The van der Waals surface area contributed by atoms with E-state index in [0.29, 0.717) is 39.9 Å². The Balaban J connectivity index is 1.15. The number of aliphatic hydroxyl groups excluding tert-OH is 1. The maximum atomic E-state index is 11.2. The predicted octanol–water partition coefficient (Wildman–Crippen LogP) is 9.85. The van der Waals surface area contributed by atoms with Gasteiger partial charge in [-0.1, -0.05) is 54.4 Å². The highest BCUT2D eigenvalue weighted by atomic mass is 16.6. The van der Waals surface area contributed by atoms with Crippen LogP contribution in [0.1, 0.15) is 166 Å². The van der Waals surface area contributed by atoms with E-state index in [1.54, 1.807) is 0 Å². The van der Waals surface area contributed by atoms with Crippen molar-refractivity contribution < 1.29 is 19.3 Å². The summed E-state index contributed by atoms with van der Waals surface area (Å²) in [5.74, 6) is 2.98. The molecule has 0 aromatic rings. The maximum absolute atomic E-state index is 11.2. The fourth-order valence-corrected chi connectivity index (χ4v) is 15.0. The van der Waals surface area contributed by atoms with Crippen molar-refractivity contribution in [1.82, 2.24) is 0 Å². The van der Waals surface area contributed by atoms with Crippen molar-refractivity contribution in [2.75, 3.05) is 0 Å². The molecule has 4 aliphatic carbocycles. The first-order valence-electron chi connectivity index (χ1n) is 19.0.